The van der Waals surface area contributed by atoms with Crippen LogP contribution in [0, 0.1) is 15.9 Å². The van der Waals surface area contributed by atoms with Gasteiger partial charge in [0.15, 0.2) is 0 Å². The van der Waals surface area contributed by atoms with Gasteiger partial charge in [-0.3, -0.25) is 10.1 Å². The summed E-state index contributed by atoms with van der Waals surface area (Å²) >= 11 is 0. The minimum Gasteiger partial charge on any atom is -0.336 e. The van der Waals surface area contributed by atoms with Crippen LogP contribution in [0.4, 0.5) is 14.9 Å². The summed E-state index contributed by atoms with van der Waals surface area (Å²) in [6, 6.07) is 3.76. The zero-order chi connectivity index (χ0) is 15.7. The van der Waals surface area contributed by atoms with Gasteiger partial charge in [-0.15, -0.1) is 0 Å². The minimum atomic E-state index is -1.04. The Labute approximate surface area is 126 Å². The molecule has 114 valence electrons. The first-order chi connectivity index (χ1) is 10.6. The third-order valence-electron chi connectivity index (χ3n) is 4.03. The number of nitro benzene ring substituents is 1. The molecule has 0 bridgehead atoms. The average Bonchev–Trinajstić information content (AvgIpc) is 2.94. The molecule has 7 heteroatoms. The average molecular weight is 303 g/mol. The van der Waals surface area contributed by atoms with Crippen LogP contribution in [0.5, 0.6) is 0 Å². The lowest BCUT2D eigenvalue weighted by Crippen LogP contribution is -2.47. The highest BCUT2D eigenvalue weighted by Crippen LogP contribution is 2.40. The molecule has 1 aromatic carbocycles. The minimum absolute atomic E-state index is 0.138. The molecule has 1 atom stereocenters. The van der Waals surface area contributed by atoms with Gasteiger partial charge in [0.05, 0.1) is 10.5 Å². The molecule has 1 unspecified atom stereocenters. The Balaban J connectivity index is 2.18. The zero-order valence-electron chi connectivity index (χ0n) is 11.7. The Bertz CT molecular complexity index is 701. The highest BCUT2D eigenvalue weighted by molar-refractivity contribution is 5.78. The van der Waals surface area contributed by atoms with Crippen LogP contribution in [-0.4, -0.2) is 28.9 Å². The van der Waals surface area contributed by atoms with Crippen LogP contribution in [0.25, 0.3) is 0 Å². The lowest BCUT2D eigenvalue weighted by molar-refractivity contribution is -0.387. The summed E-state index contributed by atoms with van der Waals surface area (Å²) in [7, 11) is 0. The largest absolute Gasteiger partial charge is 0.336 e. The first kappa shape index (κ1) is 14.2. The summed E-state index contributed by atoms with van der Waals surface area (Å²) in [6.07, 6.45) is 7.45. The van der Waals surface area contributed by atoms with Gasteiger partial charge >= 0.3 is 11.7 Å². The lowest BCUT2D eigenvalue weighted by Gasteiger charge is -2.39. The number of carbonyl (C=O) groups is 1. The molecule has 2 aliphatic rings. The van der Waals surface area contributed by atoms with Gasteiger partial charge in [-0.2, -0.15) is 4.39 Å². The van der Waals surface area contributed by atoms with Crippen LogP contribution in [0.2, 0.25) is 0 Å². The Hall–Kier alpha value is -2.70. The van der Waals surface area contributed by atoms with Crippen molar-refractivity contribution >= 4 is 11.7 Å². The van der Waals surface area contributed by atoms with Crippen molar-refractivity contribution in [3.63, 3.8) is 0 Å². The Kier molecular flexibility index (Phi) is 3.40. The van der Waals surface area contributed by atoms with Crippen LogP contribution in [0.3, 0.4) is 0 Å². The second kappa shape index (κ2) is 5.25. The first-order valence-corrected chi connectivity index (χ1v) is 6.89. The number of allylic oxidation sites excluding steroid dienone is 2. The van der Waals surface area contributed by atoms with Gasteiger partial charge in [0.2, 0.25) is 5.82 Å². The second-order valence-electron chi connectivity index (χ2n) is 5.20. The van der Waals surface area contributed by atoms with Gasteiger partial charge in [0.25, 0.3) is 0 Å². The van der Waals surface area contributed by atoms with E-state index in [2.05, 4.69) is 5.32 Å². The molecule has 1 heterocycles. The summed E-state index contributed by atoms with van der Waals surface area (Å²) in [5, 5.41) is 13.7. The Morgan fingerprint density at radius 3 is 2.77 bits per heavy atom. The molecule has 0 spiro atoms. The predicted molar refractivity (Wildman–Crippen MR) is 77.7 cm³/mol. The molecule has 2 amide bonds. The SMILES string of the molecule is O=C1NCCN1C1(c2cccc([N+](=O)[O-])c2F)C=CC=CC1. The molecule has 0 aromatic heterocycles. The maximum Gasteiger partial charge on any atom is 0.318 e. The molecule has 1 aliphatic heterocycles. The van der Waals surface area contributed by atoms with Crippen molar-refractivity contribution in [1.29, 1.82) is 0 Å². The number of nitro groups is 1. The van der Waals surface area contributed by atoms with Gasteiger partial charge in [-0.05, 0) is 6.42 Å². The number of hydrogen-bond acceptors (Lipinski definition) is 3. The number of halogens is 1. The number of hydrogen-bond donors (Lipinski definition) is 1. The fourth-order valence-corrected chi connectivity index (χ4v) is 3.00. The van der Waals surface area contributed by atoms with E-state index in [9.17, 15) is 19.3 Å². The van der Waals surface area contributed by atoms with E-state index in [0.717, 1.165) is 6.07 Å². The molecule has 0 radical (unpaired) electrons. The van der Waals surface area contributed by atoms with Crippen molar-refractivity contribution in [2.45, 2.75) is 12.0 Å². The van der Waals surface area contributed by atoms with E-state index >= 15 is 0 Å². The highest BCUT2D eigenvalue weighted by atomic mass is 19.1. The third-order valence-corrected chi connectivity index (χ3v) is 4.03. The van der Waals surface area contributed by atoms with Gasteiger partial charge in [-0.1, -0.05) is 36.4 Å². The van der Waals surface area contributed by atoms with Crippen LogP contribution in [0.1, 0.15) is 12.0 Å². The van der Waals surface area contributed by atoms with Gasteiger partial charge < -0.3 is 10.2 Å². The molecule has 1 N–H and O–H groups in total. The van der Waals surface area contributed by atoms with Crippen molar-refractivity contribution in [1.82, 2.24) is 10.2 Å². The lowest BCUT2D eigenvalue weighted by atomic mass is 9.81. The van der Waals surface area contributed by atoms with Gasteiger partial charge in [0.1, 0.15) is 0 Å². The molecule has 1 saturated heterocycles. The fraction of sp³-hybridized carbons (Fsp3) is 0.267. The molecule has 0 saturated carbocycles. The number of carbonyl (C=O) groups excluding carboxylic acids is 1. The van der Waals surface area contributed by atoms with E-state index in [4.69, 9.17) is 0 Å². The highest BCUT2D eigenvalue weighted by Gasteiger charge is 2.44. The van der Waals surface area contributed by atoms with Crippen LogP contribution in [0.15, 0.2) is 42.5 Å². The molecular formula is C15H14FN3O3. The molecular weight excluding hydrogens is 289 g/mol. The maximum atomic E-state index is 14.7. The standard InChI is InChI=1S/C15H14FN3O3/c16-13-11(5-4-6-12(13)19(21)22)15(7-2-1-3-8-15)18-10-9-17-14(18)20/h1-7H,8-10H2,(H,17,20). The quantitative estimate of drug-likeness (QED) is 0.688. The molecule has 1 fully saturated rings. The van der Waals surface area contributed by atoms with E-state index in [1.54, 1.807) is 12.2 Å². The molecule has 3 rings (SSSR count). The number of nitrogens with zero attached hydrogens (tertiary/aromatic N) is 2. The third kappa shape index (κ3) is 2.05. The van der Waals surface area contributed by atoms with E-state index in [0.29, 0.717) is 19.5 Å². The van der Waals surface area contributed by atoms with Gasteiger partial charge in [-0.25, -0.2) is 4.79 Å². The first-order valence-electron chi connectivity index (χ1n) is 6.89. The van der Waals surface area contributed by atoms with Crippen LogP contribution in [-0.2, 0) is 5.54 Å². The summed E-state index contributed by atoms with van der Waals surface area (Å²) in [4.78, 5) is 23.8. The second-order valence-corrected chi connectivity index (χ2v) is 5.20. The summed E-state index contributed by atoms with van der Waals surface area (Å²) in [6.45, 7) is 0.883. The van der Waals surface area contributed by atoms with Crippen molar-refractivity contribution in [3.8, 4) is 0 Å². The van der Waals surface area contributed by atoms with Crippen LogP contribution >= 0.6 is 0 Å². The number of benzene rings is 1. The monoisotopic (exact) mass is 303 g/mol. The van der Waals surface area contributed by atoms with E-state index < -0.39 is 22.0 Å². The molecule has 1 aromatic rings. The topological polar surface area (TPSA) is 75.5 Å². The van der Waals surface area contributed by atoms with E-state index in [1.807, 2.05) is 12.2 Å². The molecule has 22 heavy (non-hydrogen) atoms. The number of amides is 2. The van der Waals surface area contributed by atoms with Gasteiger partial charge in [0, 0.05) is 24.7 Å². The van der Waals surface area contributed by atoms with E-state index in [1.165, 1.54) is 17.0 Å². The van der Waals surface area contributed by atoms with Crippen molar-refractivity contribution in [2.24, 2.45) is 0 Å². The maximum absolute atomic E-state index is 14.7. The van der Waals surface area contributed by atoms with Crippen molar-refractivity contribution < 1.29 is 14.1 Å². The number of nitrogens with one attached hydrogen (secondary N) is 1. The predicted octanol–water partition coefficient (Wildman–Crippen LogP) is 2.47. The zero-order valence-corrected chi connectivity index (χ0v) is 11.7. The van der Waals surface area contributed by atoms with E-state index in [-0.39, 0.29) is 11.6 Å². The van der Waals surface area contributed by atoms with Crippen LogP contribution < -0.4 is 5.32 Å². The Morgan fingerprint density at radius 2 is 2.18 bits per heavy atom. The summed E-state index contributed by atoms with van der Waals surface area (Å²) < 4.78 is 14.7. The fourth-order valence-electron chi connectivity index (χ4n) is 3.00. The van der Waals surface area contributed by atoms with Crippen molar-refractivity contribution in [3.05, 3.63) is 64.0 Å². The molecule has 1 aliphatic carbocycles. The normalized spacial score (nSPS) is 23.7. The Morgan fingerprint density at radius 1 is 1.36 bits per heavy atom. The summed E-state index contributed by atoms with van der Waals surface area (Å²) in [5.74, 6) is -0.896. The smallest absolute Gasteiger partial charge is 0.318 e. The van der Waals surface area contributed by atoms with Crippen molar-refractivity contribution in [2.75, 3.05) is 13.1 Å². The molecule has 6 nitrogen and oxygen atoms in total. The summed E-state index contributed by atoms with van der Waals surface area (Å²) in [5.41, 5.74) is -1.48. The number of rotatable bonds is 3. The number of urea groups is 1.